The van der Waals surface area contributed by atoms with Crippen LogP contribution in [0.3, 0.4) is 0 Å². The Labute approximate surface area is 121 Å². The summed E-state index contributed by atoms with van der Waals surface area (Å²) < 4.78 is 5.75. The van der Waals surface area contributed by atoms with Crippen LogP contribution < -0.4 is 4.74 Å². The van der Waals surface area contributed by atoms with Gasteiger partial charge in [0.2, 0.25) is 0 Å². The number of hydrogen-bond acceptors (Lipinski definition) is 5. The summed E-state index contributed by atoms with van der Waals surface area (Å²) in [6.45, 7) is 1.89. The van der Waals surface area contributed by atoms with Crippen molar-refractivity contribution < 1.29 is 19.7 Å². The van der Waals surface area contributed by atoms with Crippen LogP contribution >= 0.6 is 0 Å². The number of carbonyl (C=O) groups excluding carboxylic acids is 1. The van der Waals surface area contributed by atoms with Gasteiger partial charge in [-0.25, -0.2) is 0 Å². The van der Waals surface area contributed by atoms with Crippen molar-refractivity contribution >= 4 is 11.5 Å². The molecule has 1 heterocycles. The average molecular weight is 285 g/mol. The molecule has 1 aromatic rings. The zero-order chi connectivity index (χ0) is 15.0. The smallest absolute Gasteiger partial charge is 0.197 e. The van der Waals surface area contributed by atoms with Gasteiger partial charge in [0, 0.05) is 24.7 Å². The Bertz CT molecular complexity index is 751. The number of phenolic OH excluding ortho intramolecular Hbond substituents is 1. The number of aryl methyl sites for hydroxylation is 1. The normalized spacial score (nSPS) is 37.6. The minimum Gasteiger partial charge on any atom is -0.504 e. The van der Waals surface area contributed by atoms with Crippen LogP contribution in [0.5, 0.6) is 11.5 Å². The van der Waals surface area contributed by atoms with E-state index in [9.17, 15) is 15.0 Å². The van der Waals surface area contributed by atoms with E-state index in [4.69, 9.17) is 4.74 Å². The first kappa shape index (κ1) is 12.6. The minimum atomic E-state index is -1.32. The summed E-state index contributed by atoms with van der Waals surface area (Å²) in [7, 11) is 1.63. The van der Waals surface area contributed by atoms with Crippen LogP contribution in [0.1, 0.15) is 17.5 Å². The van der Waals surface area contributed by atoms with Crippen LogP contribution in [0.15, 0.2) is 29.3 Å². The molecule has 4 rings (SSSR count). The third-order valence-electron chi connectivity index (χ3n) is 5.06. The first-order valence-corrected chi connectivity index (χ1v) is 6.87. The highest BCUT2D eigenvalue weighted by Gasteiger charge is 2.73. The molecule has 5 heteroatoms. The first-order valence-electron chi connectivity index (χ1n) is 6.87. The molecule has 0 amide bonds. The van der Waals surface area contributed by atoms with Crippen molar-refractivity contribution in [2.75, 3.05) is 7.05 Å². The second-order valence-corrected chi connectivity index (χ2v) is 5.92. The van der Waals surface area contributed by atoms with Crippen molar-refractivity contribution in [1.82, 2.24) is 0 Å². The Morgan fingerprint density at radius 2 is 2.19 bits per heavy atom. The molecule has 1 aromatic carbocycles. The SMILES string of the molecule is CN=C1C[C@]23c4c(C)ccc(O)c4O[C@H]2C(=O)C=C[C@@]13O. The maximum atomic E-state index is 12.2. The Balaban J connectivity index is 2.06. The van der Waals surface area contributed by atoms with E-state index in [2.05, 4.69) is 4.99 Å². The lowest BCUT2D eigenvalue weighted by Crippen LogP contribution is -2.73. The zero-order valence-corrected chi connectivity index (χ0v) is 11.8. The number of hydrogen-bond donors (Lipinski definition) is 2. The molecule has 0 radical (unpaired) electrons. The van der Waals surface area contributed by atoms with E-state index >= 15 is 0 Å². The molecule has 21 heavy (non-hydrogen) atoms. The van der Waals surface area contributed by atoms with Gasteiger partial charge < -0.3 is 14.9 Å². The van der Waals surface area contributed by atoms with Crippen LogP contribution in [-0.2, 0) is 10.2 Å². The quantitative estimate of drug-likeness (QED) is 0.746. The number of aliphatic hydroxyl groups is 1. The largest absolute Gasteiger partial charge is 0.504 e. The van der Waals surface area contributed by atoms with Gasteiger partial charge in [0.1, 0.15) is 5.60 Å². The predicted octanol–water partition coefficient (Wildman–Crippen LogP) is 1.04. The molecular weight excluding hydrogens is 270 g/mol. The summed E-state index contributed by atoms with van der Waals surface area (Å²) in [5.41, 5.74) is 0.0631. The van der Waals surface area contributed by atoms with Crippen molar-refractivity contribution in [2.24, 2.45) is 4.99 Å². The molecule has 1 spiro atoms. The molecule has 0 bridgehead atoms. The lowest BCUT2D eigenvalue weighted by atomic mass is 9.47. The van der Waals surface area contributed by atoms with E-state index in [-0.39, 0.29) is 11.5 Å². The Morgan fingerprint density at radius 1 is 1.43 bits per heavy atom. The van der Waals surface area contributed by atoms with E-state index in [0.717, 1.165) is 11.1 Å². The number of ether oxygens (including phenoxy) is 1. The molecule has 1 fully saturated rings. The second kappa shape index (κ2) is 3.54. The maximum absolute atomic E-state index is 12.2. The van der Waals surface area contributed by atoms with Gasteiger partial charge in [0.15, 0.2) is 23.4 Å². The molecule has 1 saturated carbocycles. The number of fused-ring (bicyclic) bond motifs is 1. The molecule has 0 aromatic heterocycles. The zero-order valence-electron chi connectivity index (χ0n) is 11.8. The summed E-state index contributed by atoms with van der Waals surface area (Å²) in [4.78, 5) is 16.4. The number of phenols is 1. The standard InChI is InChI=1S/C16H15NO4/c1-8-3-4-9(18)13-12(8)15-7-11(17-2)16(15,20)6-5-10(19)14(15)21-13/h3-6,14,18,20H,7H2,1-2H3/t14-,15-,16+/m0/s1. The monoisotopic (exact) mass is 285 g/mol. The summed E-state index contributed by atoms with van der Waals surface area (Å²) >= 11 is 0. The number of ketones is 1. The van der Waals surface area contributed by atoms with Crippen molar-refractivity contribution in [1.29, 1.82) is 0 Å². The van der Waals surface area contributed by atoms with Crippen molar-refractivity contribution in [3.63, 3.8) is 0 Å². The van der Waals surface area contributed by atoms with Gasteiger partial charge in [-0.05, 0) is 30.7 Å². The van der Waals surface area contributed by atoms with Gasteiger partial charge in [-0.2, -0.15) is 0 Å². The Morgan fingerprint density at radius 3 is 2.90 bits per heavy atom. The Hall–Kier alpha value is -2.14. The summed E-state index contributed by atoms with van der Waals surface area (Å²) in [5.74, 6) is 0.117. The van der Waals surface area contributed by atoms with E-state index in [1.807, 2.05) is 6.92 Å². The van der Waals surface area contributed by atoms with Gasteiger partial charge in [0.05, 0.1) is 5.41 Å². The fraction of sp³-hybridized carbons (Fsp3) is 0.375. The third-order valence-corrected chi connectivity index (χ3v) is 5.06. The van der Waals surface area contributed by atoms with Gasteiger partial charge >= 0.3 is 0 Å². The summed E-state index contributed by atoms with van der Waals surface area (Å²) in [5, 5.41) is 21.2. The van der Waals surface area contributed by atoms with Crippen molar-refractivity contribution in [3.8, 4) is 11.5 Å². The molecular formula is C16H15NO4. The van der Waals surface area contributed by atoms with Crippen LogP contribution in [-0.4, -0.2) is 40.5 Å². The topological polar surface area (TPSA) is 79.1 Å². The van der Waals surface area contributed by atoms with Crippen LogP contribution in [0.25, 0.3) is 0 Å². The fourth-order valence-corrected chi connectivity index (χ4v) is 4.03. The first-order chi connectivity index (χ1) is 9.95. The molecule has 2 aliphatic carbocycles. The van der Waals surface area contributed by atoms with E-state index in [1.54, 1.807) is 19.2 Å². The predicted molar refractivity (Wildman–Crippen MR) is 76.0 cm³/mol. The lowest BCUT2D eigenvalue weighted by molar-refractivity contribution is -0.130. The molecule has 0 unspecified atom stereocenters. The molecule has 108 valence electrons. The fourth-order valence-electron chi connectivity index (χ4n) is 4.03. The van der Waals surface area contributed by atoms with E-state index < -0.39 is 17.1 Å². The van der Waals surface area contributed by atoms with Crippen molar-refractivity contribution in [3.05, 3.63) is 35.4 Å². The van der Waals surface area contributed by atoms with Crippen LogP contribution in [0.2, 0.25) is 0 Å². The highest BCUT2D eigenvalue weighted by molar-refractivity contribution is 6.12. The van der Waals surface area contributed by atoms with Crippen LogP contribution in [0, 0.1) is 6.92 Å². The van der Waals surface area contributed by atoms with Gasteiger partial charge in [-0.3, -0.25) is 9.79 Å². The highest BCUT2D eigenvalue weighted by Crippen LogP contribution is 2.63. The van der Waals surface area contributed by atoms with E-state index in [0.29, 0.717) is 17.9 Å². The molecule has 0 saturated heterocycles. The number of aromatic hydroxyl groups is 1. The third kappa shape index (κ3) is 1.14. The number of benzene rings is 1. The molecule has 2 N–H and O–H groups in total. The average Bonchev–Trinajstić information content (AvgIpc) is 2.84. The number of carbonyl (C=O) groups is 1. The lowest BCUT2D eigenvalue weighted by Gasteiger charge is -2.56. The van der Waals surface area contributed by atoms with Crippen molar-refractivity contribution in [2.45, 2.75) is 30.5 Å². The molecule has 5 nitrogen and oxygen atoms in total. The summed E-state index contributed by atoms with van der Waals surface area (Å²) in [6.07, 6.45) is 2.52. The molecule has 3 aliphatic rings. The van der Waals surface area contributed by atoms with Gasteiger partial charge in [-0.1, -0.05) is 6.07 Å². The minimum absolute atomic E-state index is 0.00332. The highest BCUT2D eigenvalue weighted by atomic mass is 16.5. The number of aliphatic imine (C=N–C) groups is 1. The van der Waals surface area contributed by atoms with Gasteiger partial charge in [-0.15, -0.1) is 0 Å². The Kier molecular flexibility index (Phi) is 2.12. The van der Waals surface area contributed by atoms with E-state index in [1.165, 1.54) is 12.2 Å². The molecule has 1 aliphatic heterocycles. The van der Waals surface area contributed by atoms with Crippen LogP contribution in [0.4, 0.5) is 0 Å². The summed E-state index contributed by atoms with van der Waals surface area (Å²) in [6, 6.07) is 3.32. The maximum Gasteiger partial charge on any atom is 0.197 e. The second-order valence-electron chi connectivity index (χ2n) is 5.92. The van der Waals surface area contributed by atoms with Gasteiger partial charge in [0.25, 0.3) is 0 Å². The number of rotatable bonds is 0. The molecule has 3 atom stereocenters. The number of nitrogens with zero attached hydrogens (tertiary/aromatic N) is 1.